The highest BCUT2D eigenvalue weighted by Gasteiger charge is 2.27. The van der Waals surface area contributed by atoms with Crippen molar-refractivity contribution in [3.05, 3.63) is 0 Å². The van der Waals surface area contributed by atoms with Gasteiger partial charge >= 0.3 is 6.18 Å². The maximum atomic E-state index is 11.8. The first-order valence-electron chi connectivity index (χ1n) is 5.14. The monoisotopic (exact) mass is 226 g/mol. The molecule has 90 valence electrons. The number of hydrogen-bond acceptors (Lipinski definition) is 3. The molecule has 0 aromatic heterocycles. The first-order valence-corrected chi connectivity index (χ1v) is 5.14. The van der Waals surface area contributed by atoms with Crippen LogP contribution in [-0.2, 0) is 4.74 Å². The Balaban J connectivity index is 2.02. The fourth-order valence-electron chi connectivity index (χ4n) is 1.60. The van der Waals surface area contributed by atoms with Crippen LogP contribution in [0.4, 0.5) is 13.2 Å². The minimum Gasteiger partial charge on any atom is -0.372 e. The van der Waals surface area contributed by atoms with E-state index in [1.54, 1.807) is 0 Å². The van der Waals surface area contributed by atoms with Gasteiger partial charge in [-0.3, -0.25) is 0 Å². The van der Waals surface area contributed by atoms with Gasteiger partial charge in [-0.25, -0.2) is 0 Å². The summed E-state index contributed by atoms with van der Waals surface area (Å²) in [5.74, 6) is 0. The predicted octanol–water partition coefficient (Wildman–Crippen LogP) is 1.03. The largest absolute Gasteiger partial charge is 0.390 e. The SMILES string of the molecule is NCC1CCC(CNCCC(F)(F)F)O1. The van der Waals surface area contributed by atoms with Gasteiger partial charge in [-0.15, -0.1) is 0 Å². The third kappa shape index (κ3) is 5.34. The number of hydrogen-bond donors (Lipinski definition) is 2. The summed E-state index contributed by atoms with van der Waals surface area (Å²) in [4.78, 5) is 0. The zero-order valence-corrected chi connectivity index (χ0v) is 8.52. The van der Waals surface area contributed by atoms with Crippen LogP contribution in [0.2, 0.25) is 0 Å². The Hall–Kier alpha value is -0.330. The minimum absolute atomic E-state index is 0.0202. The molecule has 1 fully saturated rings. The van der Waals surface area contributed by atoms with E-state index in [4.69, 9.17) is 10.5 Å². The second kappa shape index (κ2) is 5.67. The molecule has 2 atom stereocenters. The first kappa shape index (κ1) is 12.7. The smallest absolute Gasteiger partial charge is 0.372 e. The molecule has 2 unspecified atom stereocenters. The van der Waals surface area contributed by atoms with Gasteiger partial charge in [0.1, 0.15) is 0 Å². The van der Waals surface area contributed by atoms with Crippen LogP contribution in [0.1, 0.15) is 19.3 Å². The Bertz CT molecular complexity index is 187. The number of ether oxygens (including phenoxy) is 1. The third-order valence-corrected chi connectivity index (χ3v) is 2.42. The molecule has 1 aliphatic heterocycles. The van der Waals surface area contributed by atoms with Crippen molar-refractivity contribution in [1.29, 1.82) is 0 Å². The Morgan fingerprint density at radius 1 is 1.27 bits per heavy atom. The molecule has 0 aliphatic carbocycles. The molecule has 0 saturated carbocycles. The van der Waals surface area contributed by atoms with Crippen molar-refractivity contribution < 1.29 is 17.9 Å². The molecule has 0 bridgehead atoms. The summed E-state index contributed by atoms with van der Waals surface area (Å²) in [6, 6.07) is 0. The molecular weight excluding hydrogens is 209 g/mol. The van der Waals surface area contributed by atoms with Crippen molar-refractivity contribution in [2.24, 2.45) is 5.73 Å². The Morgan fingerprint density at radius 2 is 1.93 bits per heavy atom. The minimum atomic E-state index is -4.08. The molecule has 0 aromatic rings. The maximum absolute atomic E-state index is 11.8. The number of nitrogens with one attached hydrogen (secondary N) is 1. The van der Waals surface area contributed by atoms with Crippen LogP contribution >= 0.6 is 0 Å². The van der Waals surface area contributed by atoms with Gasteiger partial charge in [0, 0.05) is 19.6 Å². The summed E-state index contributed by atoms with van der Waals surface area (Å²) < 4.78 is 40.8. The molecule has 3 N–H and O–H groups in total. The lowest BCUT2D eigenvalue weighted by Crippen LogP contribution is -2.31. The zero-order chi connectivity index (χ0) is 11.3. The Labute approximate surface area is 87.2 Å². The van der Waals surface area contributed by atoms with Crippen LogP contribution in [0.5, 0.6) is 0 Å². The van der Waals surface area contributed by atoms with Crippen LogP contribution in [0, 0.1) is 0 Å². The summed E-state index contributed by atoms with van der Waals surface area (Å²) in [7, 11) is 0. The van der Waals surface area contributed by atoms with E-state index in [1.807, 2.05) is 0 Å². The fourth-order valence-corrected chi connectivity index (χ4v) is 1.60. The Kier molecular flexibility index (Phi) is 4.82. The van der Waals surface area contributed by atoms with Gasteiger partial charge in [0.15, 0.2) is 0 Å². The summed E-state index contributed by atoms with van der Waals surface area (Å²) in [6.07, 6.45) is -2.99. The fraction of sp³-hybridized carbons (Fsp3) is 1.00. The highest BCUT2D eigenvalue weighted by molar-refractivity contribution is 4.75. The van der Waals surface area contributed by atoms with E-state index in [9.17, 15) is 13.2 Å². The molecule has 1 rings (SSSR count). The molecule has 0 aromatic carbocycles. The first-order chi connectivity index (χ1) is 7.01. The van der Waals surface area contributed by atoms with Crippen LogP contribution in [0.15, 0.2) is 0 Å². The van der Waals surface area contributed by atoms with E-state index in [2.05, 4.69) is 5.32 Å². The number of nitrogens with two attached hydrogens (primary N) is 1. The molecule has 0 amide bonds. The third-order valence-electron chi connectivity index (χ3n) is 2.42. The quantitative estimate of drug-likeness (QED) is 0.688. The summed E-state index contributed by atoms with van der Waals surface area (Å²) in [6.45, 7) is 0.919. The van der Waals surface area contributed by atoms with Gasteiger partial charge in [0.25, 0.3) is 0 Å². The molecule has 1 saturated heterocycles. The molecule has 1 heterocycles. The maximum Gasteiger partial charge on any atom is 0.390 e. The van der Waals surface area contributed by atoms with E-state index >= 15 is 0 Å². The molecule has 0 spiro atoms. The van der Waals surface area contributed by atoms with Crippen molar-refractivity contribution in [3.8, 4) is 0 Å². The van der Waals surface area contributed by atoms with E-state index < -0.39 is 12.6 Å². The zero-order valence-electron chi connectivity index (χ0n) is 8.52. The number of rotatable bonds is 5. The average Bonchev–Trinajstić information content (AvgIpc) is 2.59. The van der Waals surface area contributed by atoms with Gasteiger partial charge in [0.05, 0.1) is 18.6 Å². The summed E-state index contributed by atoms with van der Waals surface area (Å²) in [5, 5.41) is 2.74. The highest BCUT2D eigenvalue weighted by atomic mass is 19.4. The van der Waals surface area contributed by atoms with E-state index in [0.717, 1.165) is 12.8 Å². The van der Waals surface area contributed by atoms with Crippen molar-refractivity contribution in [2.45, 2.75) is 37.6 Å². The van der Waals surface area contributed by atoms with E-state index in [1.165, 1.54) is 0 Å². The second-order valence-corrected chi connectivity index (χ2v) is 3.76. The molecule has 1 aliphatic rings. The molecule has 6 heteroatoms. The van der Waals surface area contributed by atoms with Crippen LogP contribution in [0.25, 0.3) is 0 Å². The van der Waals surface area contributed by atoms with Crippen LogP contribution < -0.4 is 11.1 Å². The van der Waals surface area contributed by atoms with Gasteiger partial charge in [-0.1, -0.05) is 0 Å². The molecular formula is C9H17F3N2O. The van der Waals surface area contributed by atoms with Gasteiger partial charge in [0.2, 0.25) is 0 Å². The molecule has 0 radical (unpaired) electrons. The summed E-state index contributed by atoms with van der Waals surface area (Å²) >= 11 is 0. The van der Waals surface area contributed by atoms with Gasteiger partial charge < -0.3 is 15.8 Å². The van der Waals surface area contributed by atoms with E-state index in [0.29, 0.717) is 13.1 Å². The lowest BCUT2D eigenvalue weighted by atomic mass is 10.2. The van der Waals surface area contributed by atoms with E-state index in [-0.39, 0.29) is 18.8 Å². The Morgan fingerprint density at radius 3 is 2.47 bits per heavy atom. The normalized spacial score (nSPS) is 27.2. The lowest BCUT2D eigenvalue weighted by molar-refractivity contribution is -0.133. The summed E-state index contributed by atoms with van der Waals surface area (Å²) in [5.41, 5.74) is 5.41. The number of halogens is 3. The second-order valence-electron chi connectivity index (χ2n) is 3.76. The number of alkyl halides is 3. The predicted molar refractivity (Wildman–Crippen MR) is 50.5 cm³/mol. The van der Waals surface area contributed by atoms with Crippen molar-refractivity contribution in [1.82, 2.24) is 5.32 Å². The standard InChI is InChI=1S/C9H17F3N2O/c10-9(11,12)3-4-14-6-8-2-1-7(5-13)15-8/h7-8,14H,1-6,13H2. The highest BCUT2D eigenvalue weighted by Crippen LogP contribution is 2.19. The topological polar surface area (TPSA) is 47.3 Å². The average molecular weight is 226 g/mol. The molecule has 3 nitrogen and oxygen atoms in total. The van der Waals surface area contributed by atoms with Gasteiger partial charge in [-0.2, -0.15) is 13.2 Å². The van der Waals surface area contributed by atoms with Crippen molar-refractivity contribution >= 4 is 0 Å². The van der Waals surface area contributed by atoms with Crippen LogP contribution in [-0.4, -0.2) is 38.0 Å². The van der Waals surface area contributed by atoms with Crippen LogP contribution in [0.3, 0.4) is 0 Å². The van der Waals surface area contributed by atoms with Gasteiger partial charge in [-0.05, 0) is 12.8 Å². The lowest BCUT2D eigenvalue weighted by Gasteiger charge is -2.13. The molecule has 15 heavy (non-hydrogen) atoms. The van der Waals surface area contributed by atoms with Crippen molar-refractivity contribution in [3.63, 3.8) is 0 Å². The van der Waals surface area contributed by atoms with Crippen molar-refractivity contribution in [2.75, 3.05) is 19.6 Å².